The van der Waals surface area contributed by atoms with E-state index in [1.807, 2.05) is 66.9 Å². The molecule has 6 aromatic carbocycles. The Bertz CT molecular complexity index is 3070. The van der Waals surface area contributed by atoms with Crippen molar-refractivity contribution in [1.82, 2.24) is 34.1 Å². The SMILES string of the molecule is c1ccc(-c2nc(-c3ccccc3)nc(-n3c4ccccc4c4c5c6ccccc6n(-c6ccccc6)c5c5c6cncnc6sc5c43)n2)cc1. The third kappa shape index (κ3) is 4.08. The van der Waals surface area contributed by atoms with Gasteiger partial charge in [0.25, 0.3) is 0 Å². The van der Waals surface area contributed by atoms with E-state index in [-0.39, 0.29) is 0 Å². The van der Waals surface area contributed by atoms with E-state index in [0.717, 1.165) is 70.0 Å². The number of fused-ring (bicyclic) bond motifs is 12. The Labute approximate surface area is 294 Å². The van der Waals surface area contributed by atoms with Crippen molar-refractivity contribution in [2.75, 3.05) is 0 Å². The number of thiophene rings is 1. The molecule has 0 aliphatic heterocycles. The van der Waals surface area contributed by atoms with E-state index in [9.17, 15) is 0 Å². The highest BCUT2D eigenvalue weighted by molar-refractivity contribution is 7.26. The average molecular weight is 672 g/mol. The molecule has 11 rings (SSSR count). The lowest BCUT2D eigenvalue weighted by Crippen LogP contribution is -2.06. The molecule has 0 saturated carbocycles. The zero-order valence-corrected chi connectivity index (χ0v) is 27.8. The predicted octanol–water partition coefficient (Wildman–Crippen LogP) is 10.6. The molecule has 0 saturated heterocycles. The number of rotatable bonds is 4. The Kier molecular flexibility index (Phi) is 5.99. The van der Waals surface area contributed by atoms with Crippen LogP contribution in [0.4, 0.5) is 0 Å². The Morgan fingerprint density at radius 2 is 1.02 bits per heavy atom. The number of benzene rings is 6. The lowest BCUT2D eigenvalue weighted by atomic mass is 10.0. The summed E-state index contributed by atoms with van der Waals surface area (Å²) in [6, 6.07) is 48.2. The maximum Gasteiger partial charge on any atom is 0.238 e. The molecule has 0 amide bonds. The van der Waals surface area contributed by atoms with Gasteiger partial charge in [-0.15, -0.1) is 11.3 Å². The fourth-order valence-electron chi connectivity index (χ4n) is 7.63. The molecule has 51 heavy (non-hydrogen) atoms. The summed E-state index contributed by atoms with van der Waals surface area (Å²) in [5, 5.41) is 6.77. The molecule has 238 valence electrons. The van der Waals surface area contributed by atoms with E-state index in [4.69, 9.17) is 19.9 Å². The molecule has 11 aromatic rings. The minimum Gasteiger partial charge on any atom is -0.309 e. The van der Waals surface area contributed by atoms with Gasteiger partial charge in [0.05, 0.1) is 26.8 Å². The first kappa shape index (κ1) is 28.1. The first-order valence-corrected chi connectivity index (χ1v) is 17.6. The van der Waals surface area contributed by atoms with Gasteiger partial charge in [0, 0.05) is 55.3 Å². The van der Waals surface area contributed by atoms with Gasteiger partial charge in [-0.3, -0.25) is 4.57 Å². The molecule has 0 N–H and O–H groups in total. The molecule has 5 aromatic heterocycles. The summed E-state index contributed by atoms with van der Waals surface area (Å²) in [4.78, 5) is 25.8. The maximum atomic E-state index is 5.24. The Morgan fingerprint density at radius 3 is 1.67 bits per heavy atom. The van der Waals surface area contributed by atoms with Gasteiger partial charge >= 0.3 is 0 Å². The molecule has 0 radical (unpaired) electrons. The highest BCUT2D eigenvalue weighted by Gasteiger charge is 2.28. The van der Waals surface area contributed by atoms with Crippen LogP contribution in [-0.2, 0) is 0 Å². The monoisotopic (exact) mass is 671 g/mol. The van der Waals surface area contributed by atoms with Gasteiger partial charge in [-0.25, -0.2) is 15.0 Å². The third-order valence-electron chi connectivity index (χ3n) is 9.72. The van der Waals surface area contributed by atoms with Gasteiger partial charge in [-0.2, -0.15) is 9.97 Å². The highest BCUT2D eigenvalue weighted by atomic mass is 32.1. The molecule has 0 spiro atoms. The first-order chi connectivity index (χ1) is 25.3. The zero-order chi connectivity index (χ0) is 33.5. The van der Waals surface area contributed by atoms with Crippen molar-refractivity contribution in [2.45, 2.75) is 0 Å². The molecule has 5 heterocycles. The topological polar surface area (TPSA) is 74.3 Å². The maximum absolute atomic E-state index is 5.24. The summed E-state index contributed by atoms with van der Waals surface area (Å²) in [6.45, 7) is 0. The van der Waals surface area contributed by atoms with Crippen molar-refractivity contribution < 1.29 is 0 Å². The summed E-state index contributed by atoms with van der Waals surface area (Å²) >= 11 is 1.69. The van der Waals surface area contributed by atoms with Crippen LogP contribution < -0.4 is 0 Å². The molecule has 0 bridgehead atoms. The average Bonchev–Trinajstić information content (AvgIpc) is 3.87. The number of aromatic nitrogens is 7. The van der Waals surface area contributed by atoms with Gasteiger partial charge in [0.2, 0.25) is 5.95 Å². The summed E-state index contributed by atoms with van der Waals surface area (Å²) in [6.07, 6.45) is 3.59. The van der Waals surface area contributed by atoms with E-state index in [1.165, 1.54) is 10.8 Å². The number of nitrogens with zero attached hydrogens (tertiary/aromatic N) is 7. The molecule has 0 atom stereocenters. The number of hydrogen-bond acceptors (Lipinski definition) is 6. The van der Waals surface area contributed by atoms with Crippen LogP contribution in [0.25, 0.3) is 98.3 Å². The fraction of sp³-hybridized carbons (Fsp3) is 0. The van der Waals surface area contributed by atoms with Crippen LogP contribution in [0.15, 0.2) is 152 Å². The summed E-state index contributed by atoms with van der Waals surface area (Å²) in [5.74, 6) is 1.79. The standard InChI is InChI=1S/C43H25N7S/c1-4-14-26(15-5-1)40-46-41(27-16-6-2-7-17-27)48-43(47-40)50-33-23-13-11-21-30(33)35-34-29-20-10-12-22-32(29)49(28-18-8-3-9-19-28)37(34)36-31-24-44-25-45-42(31)51-39(36)38(35)50/h1-25H. The molecular weight excluding hydrogens is 647 g/mol. The Balaban J connectivity index is 1.39. The Morgan fingerprint density at radius 1 is 0.471 bits per heavy atom. The fourth-order valence-corrected chi connectivity index (χ4v) is 8.79. The minimum absolute atomic E-state index is 0.560. The van der Waals surface area contributed by atoms with Crippen LogP contribution in [0.3, 0.4) is 0 Å². The third-order valence-corrected chi connectivity index (χ3v) is 10.8. The van der Waals surface area contributed by atoms with Gasteiger partial charge in [-0.1, -0.05) is 115 Å². The molecule has 0 unspecified atom stereocenters. The summed E-state index contributed by atoms with van der Waals surface area (Å²) in [5.41, 5.74) is 7.29. The molecule has 0 aliphatic carbocycles. The molecule has 7 nitrogen and oxygen atoms in total. The summed E-state index contributed by atoms with van der Waals surface area (Å²) in [7, 11) is 0. The van der Waals surface area contributed by atoms with Crippen molar-refractivity contribution in [1.29, 1.82) is 0 Å². The lowest BCUT2D eigenvalue weighted by Gasteiger charge is -2.12. The van der Waals surface area contributed by atoms with E-state index in [1.54, 1.807) is 17.7 Å². The van der Waals surface area contributed by atoms with Crippen molar-refractivity contribution in [3.05, 3.63) is 152 Å². The van der Waals surface area contributed by atoms with Gasteiger partial charge < -0.3 is 4.57 Å². The van der Waals surface area contributed by atoms with Gasteiger partial charge in [0.1, 0.15) is 11.2 Å². The van der Waals surface area contributed by atoms with Crippen LogP contribution in [0.5, 0.6) is 0 Å². The molecule has 0 aliphatic rings. The van der Waals surface area contributed by atoms with Crippen molar-refractivity contribution in [3.8, 4) is 34.4 Å². The second kappa shape index (κ2) is 10.9. The van der Waals surface area contributed by atoms with Crippen molar-refractivity contribution >= 4 is 75.3 Å². The molecule has 0 fully saturated rings. The first-order valence-electron chi connectivity index (χ1n) is 16.8. The van der Waals surface area contributed by atoms with Gasteiger partial charge in [-0.05, 0) is 24.3 Å². The number of para-hydroxylation sites is 3. The second-order valence-electron chi connectivity index (χ2n) is 12.6. The van der Waals surface area contributed by atoms with Gasteiger partial charge in [0.15, 0.2) is 11.6 Å². The van der Waals surface area contributed by atoms with Crippen LogP contribution in [0.1, 0.15) is 0 Å². The smallest absolute Gasteiger partial charge is 0.238 e. The lowest BCUT2D eigenvalue weighted by molar-refractivity contribution is 0.955. The number of hydrogen-bond donors (Lipinski definition) is 0. The highest BCUT2D eigenvalue weighted by Crippen LogP contribution is 2.50. The normalized spacial score (nSPS) is 11.9. The molecule has 8 heteroatoms. The van der Waals surface area contributed by atoms with Crippen LogP contribution in [0, 0.1) is 0 Å². The van der Waals surface area contributed by atoms with E-state index in [0.29, 0.717) is 17.6 Å². The summed E-state index contributed by atoms with van der Waals surface area (Å²) < 4.78 is 5.75. The quantitative estimate of drug-likeness (QED) is 0.186. The van der Waals surface area contributed by atoms with Crippen molar-refractivity contribution in [3.63, 3.8) is 0 Å². The molecular formula is C43H25N7S. The van der Waals surface area contributed by atoms with E-state index < -0.39 is 0 Å². The predicted molar refractivity (Wildman–Crippen MR) is 208 cm³/mol. The van der Waals surface area contributed by atoms with E-state index >= 15 is 0 Å². The van der Waals surface area contributed by atoms with Crippen LogP contribution in [-0.4, -0.2) is 34.1 Å². The van der Waals surface area contributed by atoms with E-state index in [2.05, 4.69) is 93.0 Å². The Hall–Kier alpha value is -6.77. The second-order valence-corrected chi connectivity index (χ2v) is 13.5. The van der Waals surface area contributed by atoms with Crippen LogP contribution >= 0.6 is 11.3 Å². The largest absolute Gasteiger partial charge is 0.309 e. The van der Waals surface area contributed by atoms with Crippen molar-refractivity contribution in [2.24, 2.45) is 0 Å². The van der Waals surface area contributed by atoms with Crippen LogP contribution in [0.2, 0.25) is 0 Å². The zero-order valence-electron chi connectivity index (χ0n) is 27.0. The minimum atomic E-state index is 0.560.